The molecule has 0 aromatic heterocycles. The van der Waals surface area contributed by atoms with E-state index in [0.29, 0.717) is 19.3 Å². The van der Waals surface area contributed by atoms with Gasteiger partial charge >= 0.3 is 5.97 Å². The van der Waals surface area contributed by atoms with Gasteiger partial charge < -0.3 is 5.11 Å². The number of alkyl halides is 1. The van der Waals surface area contributed by atoms with Gasteiger partial charge in [0.1, 0.15) is 9.90 Å². The molecule has 0 bridgehead atoms. The SMILES string of the molecule is CC(CCCCC1(Cl)NSC(C(=O)O)=C1Cl)=C(F)F. The average Bonchev–Trinajstić information content (AvgIpc) is 2.62. The lowest BCUT2D eigenvalue weighted by Crippen LogP contribution is -2.31. The Bertz CT molecular complexity index is 438. The monoisotopic (exact) mass is 331 g/mol. The predicted octanol–water partition coefficient (Wildman–Crippen LogP) is 4.44. The van der Waals surface area contributed by atoms with Crippen molar-refractivity contribution in [3.05, 3.63) is 21.6 Å². The lowest BCUT2D eigenvalue weighted by atomic mass is 10.1. The van der Waals surface area contributed by atoms with Crippen LogP contribution in [-0.2, 0) is 4.79 Å². The van der Waals surface area contributed by atoms with Crippen molar-refractivity contribution in [2.45, 2.75) is 37.6 Å². The molecule has 8 heteroatoms. The van der Waals surface area contributed by atoms with E-state index in [9.17, 15) is 13.6 Å². The Morgan fingerprint density at radius 3 is 2.58 bits per heavy atom. The van der Waals surface area contributed by atoms with E-state index >= 15 is 0 Å². The number of aliphatic carboxylic acids is 1. The van der Waals surface area contributed by atoms with E-state index in [-0.39, 0.29) is 21.9 Å². The molecule has 0 saturated heterocycles. The van der Waals surface area contributed by atoms with E-state index in [1.807, 2.05) is 0 Å². The smallest absolute Gasteiger partial charge is 0.344 e. The summed E-state index contributed by atoms with van der Waals surface area (Å²) < 4.78 is 27.1. The predicted molar refractivity (Wildman–Crippen MR) is 73.2 cm³/mol. The first-order valence-electron chi connectivity index (χ1n) is 5.55. The van der Waals surface area contributed by atoms with Gasteiger partial charge in [-0.15, -0.1) is 0 Å². The van der Waals surface area contributed by atoms with Crippen molar-refractivity contribution in [3.63, 3.8) is 0 Å². The van der Waals surface area contributed by atoms with Crippen LogP contribution in [0.5, 0.6) is 0 Å². The summed E-state index contributed by atoms with van der Waals surface area (Å²) in [5.41, 5.74) is 0.0604. The molecule has 0 radical (unpaired) electrons. The molecule has 3 nitrogen and oxygen atoms in total. The molecule has 108 valence electrons. The van der Waals surface area contributed by atoms with Gasteiger partial charge in [-0.3, -0.25) is 0 Å². The van der Waals surface area contributed by atoms with Crippen LogP contribution in [0.1, 0.15) is 32.6 Å². The van der Waals surface area contributed by atoms with Gasteiger partial charge in [0.15, 0.2) is 0 Å². The van der Waals surface area contributed by atoms with Crippen molar-refractivity contribution in [2.75, 3.05) is 0 Å². The number of carbonyl (C=O) groups is 1. The molecule has 2 N–H and O–H groups in total. The maximum absolute atomic E-state index is 12.2. The van der Waals surface area contributed by atoms with Gasteiger partial charge in [-0.1, -0.05) is 23.2 Å². The lowest BCUT2D eigenvalue weighted by Gasteiger charge is -2.21. The minimum absolute atomic E-state index is 0.0254. The number of halogens is 4. The second-order valence-corrected chi connectivity index (χ2v) is 6.04. The Labute approximate surface area is 124 Å². The van der Waals surface area contributed by atoms with E-state index in [4.69, 9.17) is 28.3 Å². The minimum Gasteiger partial charge on any atom is -0.477 e. The first kappa shape index (κ1) is 16.8. The van der Waals surface area contributed by atoms with Gasteiger partial charge in [-0.25, -0.2) is 9.52 Å². The maximum Gasteiger partial charge on any atom is 0.344 e. The summed E-state index contributed by atoms with van der Waals surface area (Å²) in [7, 11) is 0. The summed E-state index contributed by atoms with van der Waals surface area (Å²) in [5.74, 6) is -1.14. The van der Waals surface area contributed by atoms with Crippen LogP contribution < -0.4 is 4.72 Å². The summed E-state index contributed by atoms with van der Waals surface area (Å²) in [6.07, 6.45) is 0.108. The van der Waals surface area contributed by atoms with Crippen LogP contribution in [0.15, 0.2) is 21.6 Å². The number of nitrogens with one attached hydrogen (secondary N) is 1. The molecule has 19 heavy (non-hydrogen) atoms. The Hall–Kier alpha value is -0.300. The molecule has 1 rings (SSSR count). The highest BCUT2D eigenvalue weighted by atomic mass is 35.5. The van der Waals surface area contributed by atoms with Crippen LogP contribution >= 0.6 is 35.1 Å². The fourth-order valence-corrected chi connectivity index (χ4v) is 3.17. The first-order chi connectivity index (χ1) is 8.78. The van der Waals surface area contributed by atoms with Crippen LogP contribution in [0.25, 0.3) is 0 Å². The third kappa shape index (κ3) is 4.34. The highest BCUT2D eigenvalue weighted by Gasteiger charge is 2.40. The molecule has 0 aromatic rings. The van der Waals surface area contributed by atoms with E-state index in [2.05, 4.69) is 4.72 Å². The summed E-state index contributed by atoms with van der Waals surface area (Å²) in [6, 6.07) is 0. The summed E-state index contributed by atoms with van der Waals surface area (Å²) >= 11 is 13.0. The molecule has 0 spiro atoms. The number of rotatable bonds is 6. The molecule has 1 aliphatic heterocycles. The highest BCUT2D eigenvalue weighted by Crippen LogP contribution is 2.44. The third-order valence-electron chi connectivity index (χ3n) is 2.70. The van der Waals surface area contributed by atoms with Crippen LogP contribution in [0.4, 0.5) is 8.78 Å². The van der Waals surface area contributed by atoms with Crippen LogP contribution in [0, 0.1) is 0 Å². The second kappa shape index (κ2) is 6.92. The highest BCUT2D eigenvalue weighted by molar-refractivity contribution is 8.02. The fraction of sp³-hybridized carbons (Fsp3) is 0.545. The van der Waals surface area contributed by atoms with Crippen molar-refractivity contribution in [1.82, 2.24) is 4.72 Å². The molecule has 1 aliphatic rings. The Balaban J connectivity index is 2.50. The van der Waals surface area contributed by atoms with Gasteiger partial charge in [0.25, 0.3) is 6.08 Å². The molecule has 0 amide bonds. The molecular formula is C11H13Cl2F2NO2S. The van der Waals surface area contributed by atoms with Gasteiger partial charge in [-0.05, 0) is 50.1 Å². The summed E-state index contributed by atoms with van der Waals surface area (Å²) in [4.78, 5) is 9.70. The number of hydrogen-bond acceptors (Lipinski definition) is 3. The van der Waals surface area contributed by atoms with Crippen LogP contribution in [0.3, 0.4) is 0 Å². The normalized spacial score (nSPS) is 22.8. The summed E-state index contributed by atoms with van der Waals surface area (Å²) in [5, 5.41) is 8.92. The average molecular weight is 332 g/mol. The lowest BCUT2D eigenvalue weighted by molar-refractivity contribution is -0.131. The molecule has 0 fully saturated rings. The topological polar surface area (TPSA) is 49.3 Å². The quantitative estimate of drug-likeness (QED) is 0.327. The molecular weight excluding hydrogens is 319 g/mol. The van der Waals surface area contributed by atoms with Gasteiger partial charge in [0, 0.05) is 0 Å². The second-order valence-electron chi connectivity index (χ2n) is 4.20. The van der Waals surface area contributed by atoms with Crippen molar-refractivity contribution in [3.8, 4) is 0 Å². The number of unbranched alkanes of at least 4 members (excludes halogenated alkanes) is 1. The van der Waals surface area contributed by atoms with Crippen molar-refractivity contribution >= 4 is 41.1 Å². The number of carboxylic acid groups (broad SMARTS) is 1. The maximum atomic E-state index is 12.2. The number of carboxylic acids is 1. The van der Waals surface area contributed by atoms with E-state index in [1.165, 1.54) is 6.92 Å². The van der Waals surface area contributed by atoms with Gasteiger partial charge in [0.2, 0.25) is 0 Å². The van der Waals surface area contributed by atoms with Gasteiger partial charge in [0.05, 0.1) is 5.03 Å². The van der Waals surface area contributed by atoms with E-state index in [0.717, 1.165) is 11.9 Å². The van der Waals surface area contributed by atoms with Crippen LogP contribution in [0.2, 0.25) is 0 Å². The summed E-state index contributed by atoms with van der Waals surface area (Å²) in [6.45, 7) is 1.38. The zero-order valence-corrected chi connectivity index (χ0v) is 12.4. The van der Waals surface area contributed by atoms with Crippen LogP contribution in [-0.4, -0.2) is 16.1 Å². The van der Waals surface area contributed by atoms with Crippen molar-refractivity contribution < 1.29 is 18.7 Å². The zero-order chi connectivity index (χ0) is 14.6. The Morgan fingerprint density at radius 2 is 2.11 bits per heavy atom. The molecule has 0 saturated carbocycles. The third-order valence-corrected chi connectivity index (χ3v) is 5.04. The van der Waals surface area contributed by atoms with Crippen molar-refractivity contribution in [2.24, 2.45) is 0 Å². The molecule has 0 aliphatic carbocycles. The van der Waals surface area contributed by atoms with E-state index < -0.39 is 17.0 Å². The molecule has 1 atom stereocenters. The van der Waals surface area contributed by atoms with Gasteiger partial charge in [-0.2, -0.15) is 8.78 Å². The molecule has 1 heterocycles. The molecule has 1 unspecified atom stereocenters. The molecule has 0 aromatic carbocycles. The zero-order valence-electron chi connectivity index (χ0n) is 10.1. The number of allylic oxidation sites excluding steroid dienone is 1. The van der Waals surface area contributed by atoms with Crippen molar-refractivity contribution in [1.29, 1.82) is 0 Å². The number of hydrogen-bond donors (Lipinski definition) is 2. The van der Waals surface area contributed by atoms with E-state index in [1.54, 1.807) is 0 Å². The Kier molecular flexibility index (Phi) is 6.11. The first-order valence-corrected chi connectivity index (χ1v) is 7.12. The largest absolute Gasteiger partial charge is 0.477 e. The fourth-order valence-electron chi connectivity index (χ4n) is 1.55. The standard InChI is InChI=1S/C11H13Cl2F2NO2S/c1-6(9(14)15)4-2-3-5-11(13)8(12)7(10(17)18)19-16-11/h16H,2-5H2,1H3,(H,17,18). The Morgan fingerprint density at radius 1 is 1.47 bits per heavy atom. The minimum atomic E-state index is -1.65.